The van der Waals surface area contributed by atoms with Gasteiger partial charge in [0.1, 0.15) is 0 Å². The Labute approximate surface area is 86.5 Å². The van der Waals surface area contributed by atoms with E-state index in [4.69, 9.17) is 0 Å². The van der Waals surface area contributed by atoms with Gasteiger partial charge >= 0.3 is 0 Å². The molecule has 0 saturated carbocycles. The molecule has 0 bridgehead atoms. The molecule has 0 unspecified atom stereocenters. The topological polar surface area (TPSA) is 8.17 Å². The van der Waals surface area contributed by atoms with E-state index >= 15 is 0 Å². The summed E-state index contributed by atoms with van der Waals surface area (Å²) in [5.41, 5.74) is 4.48. The maximum Gasteiger partial charge on any atom is 0.0385 e. The third-order valence-corrected chi connectivity index (χ3v) is 3.11. The summed E-state index contributed by atoms with van der Waals surface area (Å²) >= 11 is 0. The van der Waals surface area contributed by atoms with Gasteiger partial charge < -0.3 is 4.57 Å². The molecule has 2 nitrogen and oxygen atoms in total. The predicted molar refractivity (Wildman–Crippen MR) is 59.6 cm³/mol. The van der Waals surface area contributed by atoms with Crippen molar-refractivity contribution in [1.82, 2.24) is 9.47 Å². The number of rotatable bonds is 1. The van der Waals surface area contributed by atoms with Gasteiger partial charge in [-0.1, -0.05) is 13.8 Å². The van der Waals surface area contributed by atoms with Crippen LogP contribution in [0.1, 0.15) is 36.7 Å². The second kappa shape index (κ2) is 3.43. The number of fused-ring (bicyclic) bond motifs is 1. The Hall–Kier alpha value is -0.760. The Kier molecular flexibility index (Phi) is 2.40. The van der Waals surface area contributed by atoms with Crippen LogP contribution in [0.2, 0.25) is 0 Å². The molecule has 0 N–H and O–H groups in total. The molecule has 0 spiro atoms. The van der Waals surface area contributed by atoms with Crippen molar-refractivity contribution in [1.29, 1.82) is 0 Å². The lowest BCUT2D eigenvalue weighted by atomic mass is 10.1. The predicted octanol–water partition coefficient (Wildman–Crippen LogP) is 2.37. The van der Waals surface area contributed by atoms with Crippen molar-refractivity contribution in [2.45, 2.75) is 39.8 Å². The van der Waals surface area contributed by atoms with E-state index in [0.717, 1.165) is 13.1 Å². The molecule has 0 aliphatic carbocycles. The van der Waals surface area contributed by atoms with E-state index in [0.29, 0.717) is 5.92 Å². The second-order valence-corrected chi connectivity index (χ2v) is 4.75. The Bertz CT molecular complexity index is 336. The first-order valence-corrected chi connectivity index (χ1v) is 5.47. The van der Waals surface area contributed by atoms with Crippen LogP contribution >= 0.6 is 0 Å². The molecule has 2 heterocycles. The summed E-state index contributed by atoms with van der Waals surface area (Å²) < 4.78 is 2.51. The van der Waals surface area contributed by atoms with Crippen LogP contribution in [0.15, 0.2) is 6.07 Å². The molecule has 0 radical (unpaired) electrons. The van der Waals surface area contributed by atoms with Gasteiger partial charge in [0, 0.05) is 31.0 Å². The van der Waals surface area contributed by atoms with Crippen LogP contribution in [0.3, 0.4) is 0 Å². The first-order valence-electron chi connectivity index (χ1n) is 5.47. The van der Waals surface area contributed by atoms with Crippen LogP contribution in [0, 0.1) is 6.92 Å². The summed E-state index contributed by atoms with van der Waals surface area (Å²) in [7, 11) is 2.20. The summed E-state index contributed by atoms with van der Waals surface area (Å²) in [6.07, 6.45) is 0. The highest BCUT2D eigenvalue weighted by Gasteiger charge is 2.19. The van der Waals surface area contributed by atoms with Gasteiger partial charge in [0.05, 0.1) is 0 Å². The maximum atomic E-state index is 2.51. The van der Waals surface area contributed by atoms with Gasteiger partial charge in [0.15, 0.2) is 0 Å². The molecular weight excluding hydrogens is 172 g/mol. The fraction of sp³-hybridized carbons (Fsp3) is 0.667. The standard InChI is InChI=1S/C12H20N2/c1-9(2)12-10(3)7-11-8-13(4)5-6-14(11)12/h7,9H,5-6,8H2,1-4H3. The zero-order valence-corrected chi connectivity index (χ0v) is 9.67. The van der Waals surface area contributed by atoms with Crippen LogP contribution in [0.5, 0.6) is 0 Å². The van der Waals surface area contributed by atoms with Crippen molar-refractivity contribution in [2.75, 3.05) is 13.6 Å². The van der Waals surface area contributed by atoms with Crippen LogP contribution < -0.4 is 0 Å². The average molecular weight is 192 g/mol. The first-order chi connectivity index (χ1) is 6.59. The molecule has 1 aliphatic rings. The van der Waals surface area contributed by atoms with E-state index < -0.39 is 0 Å². The zero-order chi connectivity index (χ0) is 10.3. The fourth-order valence-electron chi connectivity index (χ4n) is 2.56. The normalized spacial score (nSPS) is 17.5. The van der Waals surface area contributed by atoms with Crippen LogP contribution in [0.4, 0.5) is 0 Å². The lowest BCUT2D eigenvalue weighted by molar-refractivity contribution is 0.266. The summed E-state index contributed by atoms with van der Waals surface area (Å²) in [6, 6.07) is 2.35. The molecule has 0 aromatic carbocycles. The van der Waals surface area contributed by atoms with Gasteiger partial charge in [-0.3, -0.25) is 4.90 Å². The highest BCUT2D eigenvalue weighted by atomic mass is 15.2. The third kappa shape index (κ3) is 1.48. The van der Waals surface area contributed by atoms with Crippen LogP contribution in [-0.2, 0) is 13.1 Å². The Morgan fingerprint density at radius 2 is 2.00 bits per heavy atom. The van der Waals surface area contributed by atoms with E-state index in [2.05, 4.69) is 43.4 Å². The average Bonchev–Trinajstić information content (AvgIpc) is 2.39. The highest BCUT2D eigenvalue weighted by Crippen LogP contribution is 2.26. The van der Waals surface area contributed by atoms with E-state index in [-0.39, 0.29) is 0 Å². The molecule has 1 aromatic heterocycles. The monoisotopic (exact) mass is 192 g/mol. The minimum Gasteiger partial charge on any atom is -0.346 e. The number of hydrogen-bond acceptors (Lipinski definition) is 1. The minimum atomic E-state index is 0.646. The Morgan fingerprint density at radius 3 is 2.64 bits per heavy atom. The number of hydrogen-bond donors (Lipinski definition) is 0. The van der Waals surface area contributed by atoms with Gasteiger partial charge in [-0.15, -0.1) is 0 Å². The smallest absolute Gasteiger partial charge is 0.0385 e. The third-order valence-electron chi connectivity index (χ3n) is 3.11. The van der Waals surface area contributed by atoms with Gasteiger partial charge in [-0.2, -0.15) is 0 Å². The largest absolute Gasteiger partial charge is 0.346 e. The van der Waals surface area contributed by atoms with E-state index in [9.17, 15) is 0 Å². The SMILES string of the molecule is Cc1cc2n(c1C(C)C)CCN(C)C2. The Morgan fingerprint density at radius 1 is 1.29 bits per heavy atom. The summed E-state index contributed by atoms with van der Waals surface area (Å²) in [4.78, 5) is 2.39. The molecule has 2 heteroatoms. The molecule has 78 valence electrons. The lowest BCUT2D eigenvalue weighted by Crippen LogP contribution is -2.30. The quantitative estimate of drug-likeness (QED) is 0.663. The molecule has 14 heavy (non-hydrogen) atoms. The van der Waals surface area contributed by atoms with Crippen LogP contribution in [0.25, 0.3) is 0 Å². The number of nitrogens with zero attached hydrogens (tertiary/aromatic N) is 2. The lowest BCUT2D eigenvalue weighted by Gasteiger charge is -2.27. The fourth-order valence-corrected chi connectivity index (χ4v) is 2.56. The van der Waals surface area contributed by atoms with Crippen LogP contribution in [-0.4, -0.2) is 23.1 Å². The number of aromatic nitrogens is 1. The molecule has 0 atom stereocenters. The molecule has 2 rings (SSSR count). The minimum absolute atomic E-state index is 0.646. The molecular formula is C12H20N2. The number of aryl methyl sites for hydroxylation is 1. The van der Waals surface area contributed by atoms with Crippen molar-refractivity contribution in [2.24, 2.45) is 0 Å². The molecule has 0 fully saturated rings. The zero-order valence-electron chi connectivity index (χ0n) is 9.67. The van der Waals surface area contributed by atoms with E-state index in [1.54, 1.807) is 0 Å². The van der Waals surface area contributed by atoms with Crippen molar-refractivity contribution >= 4 is 0 Å². The molecule has 0 saturated heterocycles. The maximum absolute atomic E-state index is 2.51. The summed E-state index contributed by atoms with van der Waals surface area (Å²) in [5.74, 6) is 0.646. The summed E-state index contributed by atoms with van der Waals surface area (Å²) in [6.45, 7) is 10.3. The van der Waals surface area contributed by atoms with Gasteiger partial charge in [0.2, 0.25) is 0 Å². The van der Waals surface area contributed by atoms with Gasteiger partial charge in [0.25, 0.3) is 0 Å². The van der Waals surface area contributed by atoms with E-state index in [1.165, 1.54) is 23.5 Å². The van der Waals surface area contributed by atoms with Crippen molar-refractivity contribution < 1.29 is 0 Å². The highest BCUT2D eigenvalue weighted by molar-refractivity contribution is 5.30. The van der Waals surface area contributed by atoms with Crippen molar-refractivity contribution in [3.05, 3.63) is 23.0 Å². The van der Waals surface area contributed by atoms with Crippen molar-refractivity contribution in [3.8, 4) is 0 Å². The van der Waals surface area contributed by atoms with E-state index in [1.807, 2.05) is 0 Å². The van der Waals surface area contributed by atoms with Crippen molar-refractivity contribution in [3.63, 3.8) is 0 Å². The first kappa shape index (κ1) is 9.78. The second-order valence-electron chi connectivity index (χ2n) is 4.75. The number of likely N-dealkylation sites (N-methyl/N-ethyl adjacent to an activating group) is 1. The Balaban J connectivity index is 2.43. The van der Waals surface area contributed by atoms with Gasteiger partial charge in [-0.25, -0.2) is 0 Å². The molecule has 1 aromatic rings. The molecule has 1 aliphatic heterocycles. The molecule has 0 amide bonds. The van der Waals surface area contributed by atoms with Gasteiger partial charge in [-0.05, 0) is 31.5 Å². The summed E-state index contributed by atoms with van der Waals surface area (Å²) in [5, 5.41) is 0.